The number of carboxylic acid groups (broad SMARTS) is 1. The van der Waals surface area contributed by atoms with Crippen LogP contribution in [0.2, 0.25) is 0 Å². The van der Waals surface area contributed by atoms with E-state index in [0.29, 0.717) is 31.0 Å². The predicted octanol–water partition coefficient (Wildman–Crippen LogP) is 1.49. The van der Waals surface area contributed by atoms with Crippen molar-refractivity contribution in [3.8, 4) is 5.88 Å². The minimum Gasteiger partial charge on any atom is -0.474 e. The van der Waals surface area contributed by atoms with E-state index in [1.165, 1.54) is 4.90 Å². The second kappa shape index (κ2) is 5.15. The van der Waals surface area contributed by atoms with E-state index in [0.717, 1.165) is 24.8 Å². The highest BCUT2D eigenvalue weighted by Gasteiger charge is 2.27. The van der Waals surface area contributed by atoms with Gasteiger partial charge >= 0.3 is 6.09 Å². The molecule has 7 nitrogen and oxygen atoms in total. The monoisotopic (exact) mass is 278 g/mol. The molecule has 3 rings (SSSR count). The first-order valence-electron chi connectivity index (χ1n) is 6.86. The molecule has 20 heavy (non-hydrogen) atoms. The Morgan fingerprint density at radius 2 is 2.30 bits per heavy atom. The average Bonchev–Trinajstić information content (AvgIpc) is 3.09. The van der Waals surface area contributed by atoms with Crippen molar-refractivity contribution in [1.29, 1.82) is 0 Å². The Hall–Kier alpha value is -2.05. The first kappa shape index (κ1) is 13.0. The van der Waals surface area contributed by atoms with Gasteiger partial charge in [0.25, 0.3) is 0 Å². The maximum absolute atomic E-state index is 10.9. The number of ether oxygens (including phenoxy) is 1. The van der Waals surface area contributed by atoms with E-state index >= 15 is 0 Å². The fraction of sp³-hybridized carbons (Fsp3) is 0.615. The van der Waals surface area contributed by atoms with Crippen molar-refractivity contribution in [1.82, 2.24) is 14.9 Å². The Labute approximate surface area is 117 Å². The standard InChI is InChI=1S/C13H18N4O3/c1-8-6-14-12(16-11(8)20-10-2-3-10)15-9-4-5-17(7-9)13(18)19/h6,9-10H,2-5,7H2,1H3,(H,18,19)(H,14,15,16)/t9-/m1/s1. The van der Waals surface area contributed by atoms with Gasteiger partial charge in [-0.05, 0) is 26.2 Å². The van der Waals surface area contributed by atoms with Crippen molar-refractivity contribution in [3.05, 3.63) is 11.8 Å². The van der Waals surface area contributed by atoms with Gasteiger partial charge in [0.15, 0.2) is 0 Å². The van der Waals surface area contributed by atoms with Gasteiger partial charge in [0.05, 0.1) is 0 Å². The zero-order valence-electron chi connectivity index (χ0n) is 11.4. The van der Waals surface area contributed by atoms with Gasteiger partial charge in [0.1, 0.15) is 6.10 Å². The maximum atomic E-state index is 10.9. The van der Waals surface area contributed by atoms with Crippen LogP contribution < -0.4 is 10.1 Å². The summed E-state index contributed by atoms with van der Waals surface area (Å²) < 4.78 is 5.72. The highest BCUT2D eigenvalue weighted by atomic mass is 16.5. The summed E-state index contributed by atoms with van der Waals surface area (Å²) in [6.07, 6.45) is 4.09. The molecule has 1 atom stereocenters. The minimum atomic E-state index is -0.878. The van der Waals surface area contributed by atoms with Crippen LogP contribution in [0.4, 0.5) is 10.7 Å². The molecule has 2 fully saturated rings. The number of rotatable bonds is 4. The van der Waals surface area contributed by atoms with Gasteiger partial charge in [-0.1, -0.05) is 0 Å². The summed E-state index contributed by atoms with van der Waals surface area (Å²) in [5.74, 6) is 1.13. The van der Waals surface area contributed by atoms with Crippen molar-refractivity contribution >= 4 is 12.0 Å². The third-order valence-corrected chi connectivity index (χ3v) is 3.52. The molecule has 2 heterocycles. The summed E-state index contributed by atoms with van der Waals surface area (Å²) in [6.45, 7) is 2.93. The van der Waals surface area contributed by atoms with Crippen LogP contribution in [-0.2, 0) is 0 Å². The molecule has 1 aromatic rings. The summed E-state index contributed by atoms with van der Waals surface area (Å²) in [4.78, 5) is 20.9. The van der Waals surface area contributed by atoms with Gasteiger partial charge in [-0.3, -0.25) is 0 Å². The predicted molar refractivity (Wildman–Crippen MR) is 72.0 cm³/mol. The lowest BCUT2D eigenvalue weighted by Crippen LogP contribution is -2.30. The van der Waals surface area contributed by atoms with Crippen molar-refractivity contribution < 1.29 is 14.6 Å². The molecule has 1 aromatic heterocycles. The second-order valence-corrected chi connectivity index (χ2v) is 5.36. The lowest BCUT2D eigenvalue weighted by Gasteiger charge is -2.15. The largest absolute Gasteiger partial charge is 0.474 e. The van der Waals surface area contributed by atoms with Crippen molar-refractivity contribution in [2.75, 3.05) is 18.4 Å². The summed E-state index contributed by atoms with van der Waals surface area (Å²) in [5.41, 5.74) is 0.918. The molecule has 0 bridgehead atoms. The maximum Gasteiger partial charge on any atom is 0.407 e. The Kier molecular flexibility index (Phi) is 3.33. The first-order chi connectivity index (χ1) is 9.61. The number of nitrogens with zero attached hydrogens (tertiary/aromatic N) is 3. The van der Waals surface area contributed by atoms with Gasteiger partial charge in [0, 0.05) is 30.9 Å². The van der Waals surface area contributed by atoms with E-state index in [1.807, 2.05) is 6.92 Å². The smallest absolute Gasteiger partial charge is 0.407 e. The zero-order chi connectivity index (χ0) is 14.1. The number of hydrogen-bond acceptors (Lipinski definition) is 5. The number of anilines is 1. The quantitative estimate of drug-likeness (QED) is 0.867. The number of amides is 1. The summed E-state index contributed by atoms with van der Waals surface area (Å²) in [5, 5.41) is 12.1. The number of nitrogens with one attached hydrogen (secondary N) is 1. The van der Waals surface area contributed by atoms with Crippen LogP contribution in [0.3, 0.4) is 0 Å². The van der Waals surface area contributed by atoms with Gasteiger partial charge in [0.2, 0.25) is 11.8 Å². The lowest BCUT2D eigenvalue weighted by molar-refractivity contribution is 0.155. The van der Waals surface area contributed by atoms with Gasteiger partial charge in [-0.25, -0.2) is 9.78 Å². The lowest BCUT2D eigenvalue weighted by atomic mass is 10.3. The fourth-order valence-corrected chi connectivity index (χ4v) is 2.19. The molecule has 1 saturated heterocycles. The van der Waals surface area contributed by atoms with Crippen LogP contribution in [0, 0.1) is 6.92 Å². The highest BCUT2D eigenvalue weighted by Crippen LogP contribution is 2.28. The van der Waals surface area contributed by atoms with E-state index in [-0.39, 0.29) is 6.04 Å². The van der Waals surface area contributed by atoms with Crippen LogP contribution in [0.15, 0.2) is 6.20 Å². The molecule has 0 radical (unpaired) electrons. The number of aryl methyl sites for hydroxylation is 1. The molecule has 1 amide bonds. The molecule has 2 aliphatic rings. The Bertz CT molecular complexity index is 518. The molecule has 108 valence electrons. The Balaban J connectivity index is 1.63. The van der Waals surface area contributed by atoms with Gasteiger partial charge < -0.3 is 20.1 Å². The molecule has 1 saturated carbocycles. The van der Waals surface area contributed by atoms with Gasteiger partial charge in [-0.2, -0.15) is 4.98 Å². The van der Waals surface area contributed by atoms with Crippen LogP contribution >= 0.6 is 0 Å². The third-order valence-electron chi connectivity index (χ3n) is 3.52. The Morgan fingerprint density at radius 3 is 2.95 bits per heavy atom. The van der Waals surface area contributed by atoms with Crippen LogP contribution in [-0.4, -0.2) is 51.3 Å². The number of carbonyl (C=O) groups is 1. The number of likely N-dealkylation sites (tertiary alicyclic amines) is 1. The van der Waals surface area contributed by atoms with Crippen LogP contribution in [0.25, 0.3) is 0 Å². The molecule has 1 aliphatic heterocycles. The van der Waals surface area contributed by atoms with Crippen LogP contribution in [0.5, 0.6) is 5.88 Å². The van der Waals surface area contributed by atoms with Crippen molar-refractivity contribution in [2.24, 2.45) is 0 Å². The fourth-order valence-electron chi connectivity index (χ4n) is 2.19. The molecule has 0 unspecified atom stereocenters. The van der Waals surface area contributed by atoms with E-state index in [9.17, 15) is 4.79 Å². The van der Waals surface area contributed by atoms with E-state index < -0.39 is 6.09 Å². The average molecular weight is 278 g/mol. The van der Waals surface area contributed by atoms with E-state index in [2.05, 4.69) is 15.3 Å². The molecule has 7 heteroatoms. The number of hydrogen-bond donors (Lipinski definition) is 2. The van der Waals surface area contributed by atoms with E-state index in [1.54, 1.807) is 6.20 Å². The summed E-state index contributed by atoms with van der Waals surface area (Å²) >= 11 is 0. The number of aromatic nitrogens is 2. The van der Waals surface area contributed by atoms with Gasteiger partial charge in [-0.15, -0.1) is 0 Å². The van der Waals surface area contributed by atoms with E-state index in [4.69, 9.17) is 9.84 Å². The molecule has 0 spiro atoms. The molecule has 0 aromatic carbocycles. The van der Waals surface area contributed by atoms with Crippen molar-refractivity contribution in [3.63, 3.8) is 0 Å². The zero-order valence-corrected chi connectivity index (χ0v) is 11.4. The molecular formula is C13H18N4O3. The summed E-state index contributed by atoms with van der Waals surface area (Å²) in [7, 11) is 0. The Morgan fingerprint density at radius 1 is 1.50 bits per heavy atom. The second-order valence-electron chi connectivity index (χ2n) is 5.36. The minimum absolute atomic E-state index is 0.0579. The highest BCUT2D eigenvalue weighted by molar-refractivity contribution is 5.65. The molecule has 2 N–H and O–H groups in total. The topological polar surface area (TPSA) is 87.6 Å². The first-order valence-corrected chi connectivity index (χ1v) is 6.86. The summed E-state index contributed by atoms with van der Waals surface area (Å²) in [6, 6.07) is 0.0579. The third kappa shape index (κ3) is 2.92. The normalized spacial score (nSPS) is 21.9. The molecular weight excluding hydrogens is 260 g/mol. The SMILES string of the molecule is Cc1cnc(N[C@@H]2CCN(C(=O)O)C2)nc1OC1CC1. The van der Waals surface area contributed by atoms with Crippen molar-refractivity contribution in [2.45, 2.75) is 38.3 Å². The van der Waals surface area contributed by atoms with Crippen LogP contribution in [0.1, 0.15) is 24.8 Å². The molecule has 1 aliphatic carbocycles.